The second-order valence-corrected chi connectivity index (χ2v) is 6.53. The molecule has 1 fully saturated rings. The Balaban J connectivity index is 1.68. The lowest BCUT2D eigenvalue weighted by molar-refractivity contribution is -0.150. The number of Topliss-reactive ketones (excluding diaryl/α,β-unsaturated/α-hetero) is 1. The first-order valence-corrected chi connectivity index (χ1v) is 8.21. The maximum atomic E-state index is 12.3. The van der Waals surface area contributed by atoms with Gasteiger partial charge in [-0.3, -0.25) is 14.5 Å². The summed E-state index contributed by atoms with van der Waals surface area (Å²) in [5.74, 6) is -0.620. The van der Waals surface area contributed by atoms with E-state index in [2.05, 4.69) is 0 Å². The molecule has 2 aliphatic heterocycles. The summed E-state index contributed by atoms with van der Waals surface area (Å²) in [7, 11) is 0. The van der Waals surface area contributed by atoms with Crippen molar-refractivity contribution in [2.75, 3.05) is 12.4 Å². The van der Waals surface area contributed by atoms with Gasteiger partial charge in [0.15, 0.2) is 12.4 Å². The predicted molar refractivity (Wildman–Crippen MR) is 85.5 cm³/mol. The number of nitrogens with two attached hydrogens (primary N) is 1. The molecule has 2 heterocycles. The van der Waals surface area contributed by atoms with Gasteiger partial charge in [-0.05, 0) is 12.5 Å². The molecular weight excluding hydrogens is 316 g/mol. The summed E-state index contributed by atoms with van der Waals surface area (Å²) in [6.45, 7) is 1.42. The van der Waals surface area contributed by atoms with Crippen LogP contribution in [0.15, 0.2) is 41.6 Å². The zero-order valence-electron chi connectivity index (χ0n) is 12.5. The van der Waals surface area contributed by atoms with Crippen molar-refractivity contribution in [2.24, 2.45) is 5.73 Å². The lowest BCUT2D eigenvalue weighted by Crippen LogP contribution is -2.68. The van der Waals surface area contributed by atoms with Gasteiger partial charge in [0.25, 0.3) is 0 Å². The number of amides is 1. The first kappa shape index (κ1) is 15.8. The first-order chi connectivity index (χ1) is 11.0. The highest BCUT2D eigenvalue weighted by atomic mass is 32.2. The van der Waals surface area contributed by atoms with Gasteiger partial charge in [0.05, 0.1) is 0 Å². The largest absolute Gasteiger partial charge is 0.453 e. The predicted octanol–water partition coefficient (Wildman–Crippen LogP) is 0.929. The third-order valence-electron chi connectivity index (χ3n) is 3.82. The standard InChI is InChI=1S/C16H16N2O4S/c1-9-8-23-15-12(17)14(20)18(15)13(9)16(21)22-7-11(19)10-5-3-2-4-6-10/h2-6,12,15H,7-8,17H2,1H3/t12-,15+/m1/s1. The van der Waals surface area contributed by atoms with E-state index in [1.807, 2.05) is 0 Å². The molecule has 23 heavy (non-hydrogen) atoms. The smallest absolute Gasteiger partial charge is 0.355 e. The molecule has 2 atom stereocenters. The number of hydrogen-bond acceptors (Lipinski definition) is 6. The lowest BCUT2D eigenvalue weighted by atomic mass is 10.0. The highest BCUT2D eigenvalue weighted by molar-refractivity contribution is 8.00. The number of thioether (sulfide) groups is 1. The molecule has 1 saturated heterocycles. The quantitative estimate of drug-likeness (QED) is 0.501. The van der Waals surface area contributed by atoms with Gasteiger partial charge >= 0.3 is 5.97 Å². The number of carbonyl (C=O) groups excluding carboxylic acids is 3. The Hall–Kier alpha value is -2.12. The SMILES string of the molecule is CC1=C(C(=O)OCC(=O)c2ccccc2)N2C(=O)[C@@H](N)[C@@H]2SC1. The summed E-state index contributed by atoms with van der Waals surface area (Å²) in [4.78, 5) is 37.6. The van der Waals surface area contributed by atoms with Crippen molar-refractivity contribution in [3.05, 3.63) is 47.2 Å². The van der Waals surface area contributed by atoms with Crippen LogP contribution in [0.2, 0.25) is 0 Å². The average molecular weight is 332 g/mol. The molecule has 2 aliphatic rings. The van der Waals surface area contributed by atoms with Crippen LogP contribution in [0.25, 0.3) is 0 Å². The fourth-order valence-electron chi connectivity index (χ4n) is 2.57. The second kappa shape index (κ2) is 6.17. The van der Waals surface area contributed by atoms with E-state index in [1.54, 1.807) is 37.3 Å². The van der Waals surface area contributed by atoms with E-state index in [1.165, 1.54) is 16.7 Å². The van der Waals surface area contributed by atoms with Crippen molar-refractivity contribution in [1.82, 2.24) is 4.90 Å². The van der Waals surface area contributed by atoms with Crippen LogP contribution in [0.5, 0.6) is 0 Å². The van der Waals surface area contributed by atoms with Gasteiger partial charge in [0, 0.05) is 11.3 Å². The number of carbonyl (C=O) groups is 3. The van der Waals surface area contributed by atoms with Crippen molar-refractivity contribution < 1.29 is 19.1 Å². The Morgan fingerprint density at radius 2 is 2.04 bits per heavy atom. The molecule has 0 radical (unpaired) electrons. The van der Waals surface area contributed by atoms with E-state index in [0.717, 1.165) is 5.57 Å². The molecule has 1 aromatic rings. The van der Waals surface area contributed by atoms with Gasteiger partial charge in [-0.1, -0.05) is 30.3 Å². The van der Waals surface area contributed by atoms with Crippen LogP contribution in [-0.2, 0) is 14.3 Å². The molecule has 0 aliphatic carbocycles. The van der Waals surface area contributed by atoms with Gasteiger partial charge < -0.3 is 10.5 Å². The Kier molecular flexibility index (Phi) is 4.23. The fraction of sp³-hybridized carbons (Fsp3) is 0.312. The molecule has 7 heteroatoms. The first-order valence-electron chi connectivity index (χ1n) is 7.16. The molecule has 1 aromatic carbocycles. The number of ketones is 1. The molecular formula is C16H16N2O4S. The third kappa shape index (κ3) is 2.77. The maximum Gasteiger partial charge on any atom is 0.355 e. The monoisotopic (exact) mass is 332 g/mol. The summed E-state index contributed by atoms with van der Waals surface area (Å²) in [5, 5.41) is -0.224. The summed E-state index contributed by atoms with van der Waals surface area (Å²) >= 11 is 1.52. The van der Waals surface area contributed by atoms with E-state index < -0.39 is 12.0 Å². The number of esters is 1. The van der Waals surface area contributed by atoms with Crippen LogP contribution in [-0.4, -0.2) is 46.3 Å². The highest BCUT2D eigenvalue weighted by Crippen LogP contribution is 2.39. The van der Waals surface area contributed by atoms with E-state index in [9.17, 15) is 14.4 Å². The number of rotatable bonds is 4. The topological polar surface area (TPSA) is 89.7 Å². The lowest BCUT2D eigenvalue weighted by Gasteiger charge is -2.48. The van der Waals surface area contributed by atoms with Gasteiger partial charge in [-0.15, -0.1) is 11.8 Å². The van der Waals surface area contributed by atoms with Gasteiger partial charge in [-0.25, -0.2) is 4.79 Å². The van der Waals surface area contributed by atoms with E-state index in [4.69, 9.17) is 10.5 Å². The Morgan fingerprint density at radius 1 is 1.35 bits per heavy atom. The number of fused-ring (bicyclic) bond motifs is 1. The summed E-state index contributed by atoms with van der Waals surface area (Å²) in [5.41, 5.74) is 7.20. The number of nitrogens with zero attached hydrogens (tertiary/aromatic N) is 1. The van der Waals surface area contributed by atoms with Crippen molar-refractivity contribution in [3.8, 4) is 0 Å². The second-order valence-electron chi connectivity index (χ2n) is 5.43. The Bertz CT molecular complexity index is 701. The van der Waals surface area contributed by atoms with Crippen molar-refractivity contribution in [3.63, 3.8) is 0 Å². The molecule has 0 spiro atoms. The van der Waals surface area contributed by atoms with Crippen LogP contribution < -0.4 is 5.73 Å². The normalized spacial score (nSPS) is 23.2. The van der Waals surface area contributed by atoms with Crippen molar-refractivity contribution in [1.29, 1.82) is 0 Å². The third-order valence-corrected chi connectivity index (χ3v) is 5.27. The van der Waals surface area contributed by atoms with Crippen LogP contribution >= 0.6 is 11.8 Å². The fourth-order valence-corrected chi connectivity index (χ4v) is 3.81. The van der Waals surface area contributed by atoms with Crippen molar-refractivity contribution >= 4 is 29.4 Å². The molecule has 1 amide bonds. The minimum atomic E-state index is -0.655. The van der Waals surface area contributed by atoms with E-state index >= 15 is 0 Å². The highest BCUT2D eigenvalue weighted by Gasteiger charge is 2.51. The number of β-lactam (4-membered cyclic amide) rings is 1. The van der Waals surface area contributed by atoms with Gasteiger partial charge in [0.1, 0.15) is 17.1 Å². The Morgan fingerprint density at radius 3 is 2.74 bits per heavy atom. The van der Waals surface area contributed by atoms with Crippen LogP contribution in [0.1, 0.15) is 17.3 Å². The minimum absolute atomic E-state index is 0.223. The molecule has 0 saturated carbocycles. The summed E-state index contributed by atoms with van der Waals surface area (Å²) in [6, 6.07) is 8.02. The molecule has 0 aromatic heterocycles. The molecule has 0 bridgehead atoms. The van der Waals surface area contributed by atoms with Crippen molar-refractivity contribution in [2.45, 2.75) is 18.3 Å². The summed E-state index contributed by atoms with van der Waals surface area (Å²) in [6.07, 6.45) is 0. The zero-order chi connectivity index (χ0) is 16.6. The number of hydrogen-bond donors (Lipinski definition) is 1. The Labute approximate surface area is 137 Å². The summed E-state index contributed by atoms with van der Waals surface area (Å²) < 4.78 is 5.11. The number of benzene rings is 1. The van der Waals surface area contributed by atoms with E-state index in [-0.39, 0.29) is 29.4 Å². The molecule has 2 N–H and O–H groups in total. The number of ether oxygens (including phenoxy) is 1. The van der Waals surface area contributed by atoms with Gasteiger partial charge in [0.2, 0.25) is 5.91 Å². The molecule has 6 nitrogen and oxygen atoms in total. The average Bonchev–Trinajstić information content (AvgIpc) is 2.59. The minimum Gasteiger partial charge on any atom is -0.453 e. The van der Waals surface area contributed by atoms with E-state index in [0.29, 0.717) is 11.3 Å². The zero-order valence-corrected chi connectivity index (χ0v) is 13.3. The van der Waals surface area contributed by atoms with Crippen LogP contribution in [0.4, 0.5) is 0 Å². The van der Waals surface area contributed by atoms with Crippen LogP contribution in [0.3, 0.4) is 0 Å². The van der Waals surface area contributed by atoms with Crippen LogP contribution in [0, 0.1) is 0 Å². The molecule has 0 unspecified atom stereocenters. The molecule has 120 valence electrons. The van der Waals surface area contributed by atoms with Gasteiger partial charge in [-0.2, -0.15) is 0 Å². The molecule has 3 rings (SSSR count). The maximum absolute atomic E-state index is 12.3.